The number of anilines is 2. The zero-order valence-electron chi connectivity index (χ0n) is 9.51. The number of nitrogens with two attached hydrogens (primary N) is 1. The number of pyridine rings is 1. The average molecular weight is 311 g/mol. The maximum Gasteiger partial charge on any atom is 0.260 e. The van der Waals surface area contributed by atoms with E-state index in [0.717, 1.165) is 0 Å². The first-order valence-corrected chi connectivity index (χ1v) is 5.82. The van der Waals surface area contributed by atoms with Gasteiger partial charge in [-0.15, -0.1) is 0 Å². The topological polar surface area (TPSA) is 97.9 Å². The van der Waals surface area contributed by atoms with Crippen molar-refractivity contribution < 1.29 is 4.79 Å². The molecule has 0 aliphatic heterocycles. The predicted molar refractivity (Wildman–Crippen MR) is 70.9 cm³/mol. The number of aryl methyl sites for hydroxylation is 1. The first kappa shape index (κ1) is 12.5. The summed E-state index contributed by atoms with van der Waals surface area (Å²) in [5.41, 5.74) is 2.72. The van der Waals surface area contributed by atoms with Crippen LogP contribution < -0.4 is 16.6 Å². The van der Waals surface area contributed by atoms with E-state index in [4.69, 9.17) is 5.84 Å². The zero-order valence-corrected chi connectivity index (χ0v) is 11.1. The van der Waals surface area contributed by atoms with Crippen molar-refractivity contribution in [3.05, 3.63) is 34.6 Å². The molecule has 2 rings (SSSR count). The van der Waals surface area contributed by atoms with Crippen molar-refractivity contribution in [2.24, 2.45) is 12.9 Å². The number of nitrogens with one attached hydrogen (secondary N) is 2. The van der Waals surface area contributed by atoms with Gasteiger partial charge in [-0.3, -0.25) is 9.48 Å². The van der Waals surface area contributed by atoms with Gasteiger partial charge in [0, 0.05) is 23.8 Å². The monoisotopic (exact) mass is 310 g/mol. The number of carbonyl (C=O) groups is 1. The van der Waals surface area contributed by atoms with Crippen LogP contribution in [0.2, 0.25) is 0 Å². The fraction of sp³-hybridized carbons (Fsp3) is 0.100. The number of nitrogens with zero attached hydrogens (tertiary/aromatic N) is 3. The van der Waals surface area contributed by atoms with Crippen LogP contribution in [0.25, 0.3) is 0 Å². The molecule has 0 saturated heterocycles. The lowest BCUT2D eigenvalue weighted by Crippen LogP contribution is -2.19. The second-order valence-electron chi connectivity index (χ2n) is 3.49. The highest BCUT2D eigenvalue weighted by molar-refractivity contribution is 9.10. The number of aromatic nitrogens is 3. The van der Waals surface area contributed by atoms with Crippen LogP contribution in [0, 0.1) is 0 Å². The normalized spacial score (nSPS) is 10.2. The minimum absolute atomic E-state index is 0.304. The van der Waals surface area contributed by atoms with Crippen molar-refractivity contribution in [2.45, 2.75) is 0 Å². The van der Waals surface area contributed by atoms with E-state index < -0.39 is 0 Å². The van der Waals surface area contributed by atoms with Gasteiger partial charge >= 0.3 is 0 Å². The molecule has 7 nitrogen and oxygen atoms in total. The number of rotatable bonds is 3. The van der Waals surface area contributed by atoms with Crippen LogP contribution in [0.3, 0.4) is 0 Å². The summed E-state index contributed by atoms with van der Waals surface area (Å²) in [4.78, 5) is 16.1. The lowest BCUT2D eigenvalue weighted by atomic mass is 10.2. The molecule has 0 aromatic carbocycles. The van der Waals surface area contributed by atoms with Crippen LogP contribution in [0.15, 0.2) is 29.0 Å². The van der Waals surface area contributed by atoms with Crippen LogP contribution in [0.4, 0.5) is 11.6 Å². The SMILES string of the molecule is Cn1nccc1NC(=O)c1cc(Br)cnc1NN. The lowest BCUT2D eigenvalue weighted by Gasteiger charge is -2.09. The van der Waals surface area contributed by atoms with Gasteiger partial charge in [-0.1, -0.05) is 0 Å². The summed E-state index contributed by atoms with van der Waals surface area (Å²) in [5, 5.41) is 6.67. The molecule has 0 aliphatic rings. The summed E-state index contributed by atoms with van der Waals surface area (Å²) in [7, 11) is 1.73. The molecule has 0 atom stereocenters. The molecule has 4 N–H and O–H groups in total. The third-order valence-electron chi connectivity index (χ3n) is 2.30. The maximum atomic E-state index is 12.1. The Labute approximate surface area is 111 Å². The zero-order chi connectivity index (χ0) is 13.1. The lowest BCUT2D eigenvalue weighted by molar-refractivity contribution is 0.102. The van der Waals surface area contributed by atoms with E-state index in [1.54, 1.807) is 36.3 Å². The highest BCUT2D eigenvalue weighted by Gasteiger charge is 2.14. The second kappa shape index (κ2) is 5.15. The van der Waals surface area contributed by atoms with Crippen LogP contribution in [-0.4, -0.2) is 20.7 Å². The minimum atomic E-state index is -0.319. The van der Waals surface area contributed by atoms with E-state index in [0.29, 0.717) is 21.7 Å². The Kier molecular flexibility index (Phi) is 3.58. The molecule has 8 heteroatoms. The highest BCUT2D eigenvalue weighted by atomic mass is 79.9. The smallest absolute Gasteiger partial charge is 0.260 e. The summed E-state index contributed by atoms with van der Waals surface area (Å²) in [6.07, 6.45) is 3.15. The number of halogens is 1. The molecule has 2 aromatic rings. The Bertz CT molecular complexity index is 581. The van der Waals surface area contributed by atoms with Gasteiger partial charge < -0.3 is 10.7 Å². The average Bonchev–Trinajstić information content (AvgIpc) is 2.75. The summed E-state index contributed by atoms with van der Waals surface area (Å²) in [6, 6.07) is 3.33. The van der Waals surface area contributed by atoms with Gasteiger partial charge in [0.05, 0.1) is 11.8 Å². The van der Waals surface area contributed by atoms with Crippen molar-refractivity contribution in [3.8, 4) is 0 Å². The van der Waals surface area contributed by atoms with Crippen molar-refractivity contribution >= 4 is 33.5 Å². The molecule has 0 fully saturated rings. The first-order chi connectivity index (χ1) is 8.61. The number of carbonyl (C=O) groups excluding carboxylic acids is 1. The third kappa shape index (κ3) is 2.49. The van der Waals surface area contributed by atoms with Gasteiger partial charge in [0.2, 0.25) is 0 Å². The number of hydrazine groups is 1. The van der Waals surface area contributed by atoms with E-state index in [9.17, 15) is 4.79 Å². The summed E-state index contributed by atoms with van der Waals surface area (Å²) in [6.45, 7) is 0. The van der Waals surface area contributed by atoms with E-state index in [2.05, 4.69) is 36.8 Å². The van der Waals surface area contributed by atoms with Gasteiger partial charge in [0.15, 0.2) is 5.82 Å². The first-order valence-electron chi connectivity index (χ1n) is 5.03. The van der Waals surface area contributed by atoms with Crippen molar-refractivity contribution in [1.82, 2.24) is 14.8 Å². The van der Waals surface area contributed by atoms with Gasteiger partial charge in [-0.25, -0.2) is 10.8 Å². The van der Waals surface area contributed by atoms with Gasteiger partial charge in [0.25, 0.3) is 5.91 Å². The van der Waals surface area contributed by atoms with E-state index in [1.165, 1.54) is 0 Å². The summed E-state index contributed by atoms with van der Waals surface area (Å²) >= 11 is 3.26. The largest absolute Gasteiger partial charge is 0.308 e. The third-order valence-corrected chi connectivity index (χ3v) is 2.73. The van der Waals surface area contributed by atoms with Crippen molar-refractivity contribution in [1.29, 1.82) is 0 Å². The summed E-state index contributed by atoms with van der Waals surface area (Å²) in [5.74, 6) is 5.89. The minimum Gasteiger partial charge on any atom is -0.308 e. The molecule has 0 saturated carbocycles. The van der Waals surface area contributed by atoms with Gasteiger partial charge in [-0.2, -0.15) is 5.10 Å². The van der Waals surface area contributed by atoms with Crippen LogP contribution in [-0.2, 0) is 7.05 Å². The fourth-order valence-corrected chi connectivity index (χ4v) is 1.74. The standard InChI is InChI=1S/C10H11BrN6O/c1-17-8(2-3-14-17)15-10(18)7-4-6(11)5-13-9(7)16-12/h2-5H,12H2,1H3,(H,13,16)(H,15,18). The Hall–Kier alpha value is -1.93. The molecule has 0 radical (unpaired) electrons. The van der Waals surface area contributed by atoms with Crippen LogP contribution in [0.1, 0.15) is 10.4 Å². The molecule has 0 spiro atoms. The molecule has 0 unspecified atom stereocenters. The number of hydrogen-bond acceptors (Lipinski definition) is 5. The number of amides is 1. The molecule has 94 valence electrons. The molecule has 2 heterocycles. The Morgan fingerprint density at radius 1 is 1.56 bits per heavy atom. The molecule has 2 aromatic heterocycles. The fourth-order valence-electron chi connectivity index (χ4n) is 1.41. The van der Waals surface area contributed by atoms with Crippen molar-refractivity contribution in [3.63, 3.8) is 0 Å². The van der Waals surface area contributed by atoms with Gasteiger partial charge in [0.1, 0.15) is 5.82 Å². The van der Waals surface area contributed by atoms with Gasteiger partial charge in [-0.05, 0) is 22.0 Å². The summed E-state index contributed by atoms with van der Waals surface area (Å²) < 4.78 is 2.25. The van der Waals surface area contributed by atoms with E-state index >= 15 is 0 Å². The number of nitrogen functional groups attached to an aromatic ring is 1. The Morgan fingerprint density at radius 3 is 2.94 bits per heavy atom. The molecule has 0 bridgehead atoms. The van der Waals surface area contributed by atoms with Crippen LogP contribution in [0.5, 0.6) is 0 Å². The number of hydrogen-bond donors (Lipinski definition) is 3. The highest BCUT2D eigenvalue weighted by Crippen LogP contribution is 2.18. The molecule has 1 amide bonds. The Morgan fingerprint density at radius 2 is 2.33 bits per heavy atom. The maximum absolute atomic E-state index is 12.1. The predicted octanol–water partition coefficient (Wildman–Crippen LogP) is 1.12. The van der Waals surface area contributed by atoms with Crippen LogP contribution >= 0.6 is 15.9 Å². The Balaban J connectivity index is 2.29. The molecular formula is C10H11BrN6O. The quantitative estimate of drug-likeness (QED) is 0.583. The van der Waals surface area contributed by atoms with E-state index in [1.807, 2.05) is 0 Å². The molecule has 18 heavy (non-hydrogen) atoms. The van der Waals surface area contributed by atoms with Crippen molar-refractivity contribution in [2.75, 3.05) is 10.7 Å². The molecular weight excluding hydrogens is 300 g/mol. The second-order valence-corrected chi connectivity index (χ2v) is 4.40. The molecule has 0 aliphatic carbocycles. The van der Waals surface area contributed by atoms with E-state index in [-0.39, 0.29) is 5.91 Å².